The van der Waals surface area contributed by atoms with Crippen LogP contribution in [0.3, 0.4) is 0 Å². The topological polar surface area (TPSA) is 80.0 Å². The first kappa shape index (κ1) is 16.7. The lowest BCUT2D eigenvalue weighted by atomic mass is 10.1. The monoisotopic (exact) mass is 318 g/mol. The molecule has 0 unspecified atom stereocenters. The Kier molecular flexibility index (Phi) is 6.64. The van der Waals surface area contributed by atoms with Crippen LogP contribution in [0.15, 0.2) is 30.3 Å². The molecule has 1 aromatic carbocycles. The summed E-state index contributed by atoms with van der Waals surface area (Å²) in [4.78, 5) is 16.6. The number of anilines is 1. The lowest BCUT2D eigenvalue weighted by molar-refractivity contribution is -0.116. The number of carbonyl (C=O) groups is 1. The summed E-state index contributed by atoms with van der Waals surface area (Å²) in [6, 6.07) is 9.77. The molecule has 4 N–H and O–H groups in total. The second-order valence-electron chi connectivity index (χ2n) is 5.20. The molecular formula is C16H22N4OS. The summed E-state index contributed by atoms with van der Waals surface area (Å²) in [6.07, 6.45) is 3.45. The van der Waals surface area contributed by atoms with Gasteiger partial charge in [-0.2, -0.15) is 0 Å². The fourth-order valence-corrected chi connectivity index (χ4v) is 2.60. The third-order valence-corrected chi connectivity index (χ3v) is 3.76. The first-order chi connectivity index (χ1) is 10.7. The SMILES string of the molecule is Cc1cc(NC(=O)CCCCCNSN)c2ccccc2n1. The lowest BCUT2D eigenvalue weighted by Gasteiger charge is -2.09. The predicted molar refractivity (Wildman–Crippen MR) is 93.4 cm³/mol. The minimum absolute atomic E-state index is 0.0527. The largest absolute Gasteiger partial charge is 0.325 e. The summed E-state index contributed by atoms with van der Waals surface area (Å²) < 4.78 is 2.99. The minimum atomic E-state index is 0.0527. The van der Waals surface area contributed by atoms with Gasteiger partial charge in [-0.25, -0.2) is 0 Å². The lowest BCUT2D eigenvalue weighted by Crippen LogP contribution is -2.12. The molecule has 118 valence electrons. The molecular weight excluding hydrogens is 296 g/mol. The number of nitrogens with zero attached hydrogens (tertiary/aromatic N) is 1. The summed E-state index contributed by atoms with van der Waals surface area (Å²) in [7, 11) is 0. The van der Waals surface area contributed by atoms with Gasteiger partial charge in [-0.05, 0) is 31.9 Å². The molecule has 0 spiro atoms. The molecule has 0 saturated carbocycles. The molecule has 6 heteroatoms. The molecule has 22 heavy (non-hydrogen) atoms. The number of unbranched alkanes of at least 4 members (excludes halogenated alkanes) is 2. The van der Waals surface area contributed by atoms with Gasteiger partial charge in [0.2, 0.25) is 5.91 Å². The Balaban J connectivity index is 1.89. The highest BCUT2D eigenvalue weighted by molar-refractivity contribution is 7.95. The number of carbonyl (C=O) groups excluding carboxylic acids is 1. The Bertz CT molecular complexity index is 633. The number of fused-ring (bicyclic) bond motifs is 1. The number of benzene rings is 1. The molecule has 0 radical (unpaired) electrons. The number of hydrogen-bond acceptors (Lipinski definition) is 5. The van der Waals surface area contributed by atoms with Crippen molar-refractivity contribution in [2.24, 2.45) is 5.14 Å². The van der Waals surface area contributed by atoms with Gasteiger partial charge < -0.3 is 5.32 Å². The van der Waals surface area contributed by atoms with Crippen molar-refractivity contribution in [3.63, 3.8) is 0 Å². The molecule has 1 amide bonds. The highest BCUT2D eigenvalue weighted by Gasteiger charge is 2.07. The van der Waals surface area contributed by atoms with Crippen LogP contribution in [0, 0.1) is 6.92 Å². The summed E-state index contributed by atoms with van der Waals surface area (Å²) >= 11 is 1.13. The maximum absolute atomic E-state index is 12.1. The molecule has 0 bridgehead atoms. The zero-order chi connectivity index (χ0) is 15.8. The molecule has 5 nitrogen and oxygen atoms in total. The van der Waals surface area contributed by atoms with Crippen molar-refractivity contribution < 1.29 is 4.79 Å². The van der Waals surface area contributed by atoms with E-state index >= 15 is 0 Å². The number of hydrogen-bond donors (Lipinski definition) is 3. The summed E-state index contributed by atoms with van der Waals surface area (Å²) in [6.45, 7) is 2.81. The summed E-state index contributed by atoms with van der Waals surface area (Å²) in [5.41, 5.74) is 2.65. The van der Waals surface area contributed by atoms with Crippen molar-refractivity contribution in [1.82, 2.24) is 9.71 Å². The highest BCUT2D eigenvalue weighted by Crippen LogP contribution is 2.23. The number of rotatable bonds is 8. The molecule has 1 aromatic heterocycles. The molecule has 1 heterocycles. The number of nitrogens with one attached hydrogen (secondary N) is 2. The standard InChI is InChI=1S/C16H22N4OS/c1-12-11-15(13-7-4-5-8-14(13)19-12)20-16(21)9-3-2-6-10-18-22-17/h4-5,7-8,11,18H,2-3,6,9-10,17H2,1H3,(H,19,20,21). The Morgan fingerprint density at radius 2 is 2.09 bits per heavy atom. The third kappa shape index (κ3) is 4.98. The van der Waals surface area contributed by atoms with Crippen LogP contribution in [0.5, 0.6) is 0 Å². The molecule has 2 aromatic rings. The molecule has 0 aliphatic rings. The van der Waals surface area contributed by atoms with E-state index in [1.165, 1.54) is 0 Å². The van der Waals surface area contributed by atoms with Crippen LogP contribution >= 0.6 is 12.1 Å². The maximum Gasteiger partial charge on any atom is 0.224 e. The van der Waals surface area contributed by atoms with E-state index in [1.807, 2.05) is 37.3 Å². The Morgan fingerprint density at radius 1 is 1.27 bits per heavy atom. The van der Waals surface area contributed by atoms with Gasteiger partial charge in [-0.1, -0.05) is 24.6 Å². The number of amides is 1. The third-order valence-electron chi connectivity index (χ3n) is 3.38. The first-order valence-corrected chi connectivity index (χ1v) is 8.33. The number of para-hydroxylation sites is 1. The van der Waals surface area contributed by atoms with E-state index < -0.39 is 0 Å². The Labute approximate surface area is 135 Å². The van der Waals surface area contributed by atoms with Crippen molar-refractivity contribution in [2.45, 2.75) is 32.6 Å². The second kappa shape index (κ2) is 8.73. The van der Waals surface area contributed by atoms with Gasteiger partial charge in [0.1, 0.15) is 0 Å². The maximum atomic E-state index is 12.1. The molecule has 0 aliphatic heterocycles. The smallest absolute Gasteiger partial charge is 0.224 e. The summed E-state index contributed by atoms with van der Waals surface area (Å²) in [5, 5.41) is 9.26. The fourth-order valence-electron chi connectivity index (χ4n) is 2.34. The minimum Gasteiger partial charge on any atom is -0.325 e. The van der Waals surface area contributed by atoms with Crippen molar-refractivity contribution in [3.8, 4) is 0 Å². The van der Waals surface area contributed by atoms with E-state index in [0.717, 1.165) is 60.2 Å². The first-order valence-electron chi connectivity index (χ1n) is 7.45. The quantitative estimate of drug-likeness (QED) is 0.514. The van der Waals surface area contributed by atoms with Crippen molar-refractivity contribution in [2.75, 3.05) is 11.9 Å². The van der Waals surface area contributed by atoms with Crippen LogP contribution in [-0.2, 0) is 4.79 Å². The second-order valence-corrected chi connectivity index (χ2v) is 5.72. The van der Waals surface area contributed by atoms with Gasteiger partial charge in [0.25, 0.3) is 0 Å². The van der Waals surface area contributed by atoms with E-state index in [-0.39, 0.29) is 5.91 Å². The van der Waals surface area contributed by atoms with Crippen molar-refractivity contribution in [3.05, 3.63) is 36.0 Å². The summed E-state index contributed by atoms with van der Waals surface area (Å²) in [5.74, 6) is 0.0527. The number of nitrogens with two attached hydrogens (primary N) is 1. The van der Waals surface area contributed by atoms with E-state index in [2.05, 4.69) is 15.0 Å². The fraction of sp³-hybridized carbons (Fsp3) is 0.375. The highest BCUT2D eigenvalue weighted by atomic mass is 32.2. The zero-order valence-corrected chi connectivity index (χ0v) is 13.6. The van der Waals surface area contributed by atoms with Crippen LogP contribution in [-0.4, -0.2) is 17.4 Å². The van der Waals surface area contributed by atoms with Crippen molar-refractivity contribution in [1.29, 1.82) is 0 Å². The van der Waals surface area contributed by atoms with Crippen LogP contribution < -0.4 is 15.2 Å². The number of aromatic nitrogens is 1. The Morgan fingerprint density at radius 3 is 2.91 bits per heavy atom. The van der Waals surface area contributed by atoms with Gasteiger partial charge in [0, 0.05) is 36.2 Å². The van der Waals surface area contributed by atoms with Gasteiger partial charge in [-0.3, -0.25) is 19.6 Å². The van der Waals surface area contributed by atoms with Gasteiger partial charge in [-0.15, -0.1) is 0 Å². The Hall–Kier alpha value is -1.63. The van der Waals surface area contributed by atoms with E-state index in [0.29, 0.717) is 6.42 Å². The predicted octanol–water partition coefficient (Wildman–Crippen LogP) is 3.15. The van der Waals surface area contributed by atoms with E-state index in [9.17, 15) is 4.79 Å². The van der Waals surface area contributed by atoms with Crippen LogP contribution in [0.2, 0.25) is 0 Å². The number of aryl methyl sites for hydroxylation is 1. The van der Waals surface area contributed by atoms with Crippen molar-refractivity contribution >= 4 is 34.6 Å². The van der Waals surface area contributed by atoms with Gasteiger partial charge in [0.05, 0.1) is 11.2 Å². The normalized spacial score (nSPS) is 10.8. The van der Waals surface area contributed by atoms with Crippen LogP contribution in [0.25, 0.3) is 10.9 Å². The van der Waals surface area contributed by atoms with Gasteiger partial charge in [0.15, 0.2) is 0 Å². The van der Waals surface area contributed by atoms with Crippen LogP contribution in [0.1, 0.15) is 31.4 Å². The van der Waals surface area contributed by atoms with E-state index in [1.54, 1.807) is 0 Å². The average molecular weight is 318 g/mol. The average Bonchev–Trinajstić information content (AvgIpc) is 2.50. The molecule has 2 rings (SSSR count). The molecule has 0 aliphatic carbocycles. The van der Waals surface area contributed by atoms with Gasteiger partial charge >= 0.3 is 0 Å². The molecule has 0 atom stereocenters. The van der Waals surface area contributed by atoms with Crippen LogP contribution in [0.4, 0.5) is 5.69 Å². The molecule has 0 saturated heterocycles. The number of pyridine rings is 1. The zero-order valence-electron chi connectivity index (χ0n) is 12.8. The molecule has 0 fully saturated rings. The van der Waals surface area contributed by atoms with E-state index in [4.69, 9.17) is 5.14 Å².